The zero-order valence-corrected chi connectivity index (χ0v) is 32.4. The monoisotopic (exact) mass is 644 g/mol. The summed E-state index contributed by atoms with van der Waals surface area (Å²) in [5, 5.41) is 0. The molecule has 2 heteroatoms. The van der Waals surface area contributed by atoms with Crippen LogP contribution in [-0.4, -0.2) is 4.57 Å². The number of unbranched alkanes of at least 4 members (excludes halogenated alkanes) is 32. The lowest BCUT2D eigenvalue weighted by Gasteiger charge is -2.07. The number of aromatic nitrogens is 2. The summed E-state index contributed by atoms with van der Waals surface area (Å²) in [6.45, 7) is 9.41. The van der Waals surface area contributed by atoms with Crippen LogP contribution in [0.3, 0.4) is 0 Å². The minimum Gasteiger partial charge on any atom is -0.234 e. The van der Waals surface area contributed by atoms with Gasteiger partial charge in [0.25, 0.3) is 5.82 Å². The molecule has 0 saturated heterocycles. The van der Waals surface area contributed by atoms with Crippen LogP contribution < -0.4 is 4.57 Å². The first-order valence-electron chi connectivity index (χ1n) is 21.9. The fraction of sp³-hybridized carbons (Fsp3) is 0.932. The molecule has 0 bridgehead atoms. The largest absolute Gasteiger partial charge is 0.256 e. The van der Waals surface area contributed by atoms with Gasteiger partial charge in [-0.15, -0.1) is 0 Å². The summed E-state index contributed by atoms with van der Waals surface area (Å²) in [6, 6.07) is 0. The second kappa shape index (κ2) is 35.5. The summed E-state index contributed by atoms with van der Waals surface area (Å²) in [5.74, 6) is 1.62. The van der Waals surface area contributed by atoms with E-state index in [0.717, 1.165) is 0 Å². The minimum absolute atomic E-state index is 1.23. The van der Waals surface area contributed by atoms with E-state index in [1.165, 1.54) is 244 Å². The van der Waals surface area contributed by atoms with Crippen LogP contribution in [0.1, 0.15) is 251 Å². The SMILES string of the molecule is CCCCCCCCCCCCCCCCCC[n+]1ccn(CCCCCCCC)c1CCCCCCCCCCCCCCC. The molecule has 0 amide bonds. The molecule has 0 saturated carbocycles. The molecule has 1 heterocycles. The van der Waals surface area contributed by atoms with Crippen molar-refractivity contribution in [3.05, 3.63) is 18.2 Å². The summed E-state index contributed by atoms with van der Waals surface area (Å²) >= 11 is 0. The summed E-state index contributed by atoms with van der Waals surface area (Å²) < 4.78 is 5.27. The second-order valence-electron chi connectivity index (χ2n) is 15.2. The van der Waals surface area contributed by atoms with Gasteiger partial charge in [-0.1, -0.05) is 213 Å². The minimum atomic E-state index is 1.23. The van der Waals surface area contributed by atoms with E-state index < -0.39 is 0 Å². The molecule has 46 heavy (non-hydrogen) atoms. The number of aryl methyl sites for hydroxylation is 2. The van der Waals surface area contributed by atoms with Crippen molar-refractivity contribution in [2.45, 2.75) is 265 Å². The van der Waals surface area contributed by atoms with E-state index in [9.17, 15) is 0 Å². The first kappa shape index (κ1) is 43.2. The van der Waals surface area contributed by atoms with Crippen molar-refractivity contribution in [3.63, 3.8) is 0 Å². The van der Waals surface area contributed by atoms with Crippen LogP contribution in [0.4, 0.5) is 0 Å². The molecule has 0 aliphatic carbocycles. The molecule has 2 nitrogen and oxygen atoms in total. The van der Waals surface area contributed by atoms with Crippen LogP contribution in [0.2, 0.25) is 0 Å². The second-order valence-corrected chi connectivity index (χ2v) is 15.2. The summed E-state index contributed by atoms with van der Waals surface area (Å²) in [7, 11) is 0. The first-order valence-corrected chi connectivity index (χ1v) is 21.9. The van der Waals surface area contributed by atoms with Gasteiger partial charge in [-0.05, 0) is 32.1 Å². The molecule has 0 aromatic carbocycles. The molecule has 0 atom stereocenters. The predicted molar refractivity (Wildman–Crippen MR) is 207 cm³/mol. The molecule has 0 unspecified atom stereocenters. The Balaban J connectivity index is 2.20. The zero-order chi connectivity index (χ0) is 33.0. The van der Waals surface area contributed by atoms with Crippen LogP contribution in [0.25, 0.3) is 0 Å². The lowest BCUT2D eigenvalue weighted by Crippen LogP contribution is -2.37. The Kier molecular flexibility index (Phi) is 33.4. The molecular formula is C44H87N2+. The van der Waals surface area contributed by atoms with Crippen LogP contribution in [-0.2, 0) is 19.5 Å². The summed E-state index contributed by atoms with van der Waals surface area (Å²) in [5.41, 5.74) is 0. The Bertz CT molecular complexity index is 707. The van der Waals surface area contributed by atoms with Gasteiger partial charge in [0, 0.05) is 6.42 Å². The standard InChI is InChI=1S/C44H87N2/c1-4-7-10-13-16-18-20-22-23-24-26-28-30-32-35-38-41-46-43-42-45(40-37-34-15-12-9-6-3)44(46)39-36-33-31-29-27-25-21-19-17-14-11-8-5-2/h42-43H,4-41H2,1-3H3/q+1. The maximum Gasteiger partial charge on any atom is 0.256 e. The smallest absolute Gasteiger partial charge is 0.234 e. The van der Waals surface area contributed by atoms with Gasteiger partial charge >= 0.3 is 0 Å². The molecule has 0 radical (unpaired) electrons. The van der Waals surface area contributed by atoms with E-state index in [-0.39, 0.29) is 0 Å². The third-order valence-corrected chi connectivity index (χ3v) is 10.6. The van der Waals surface area contributed by atoms with Crippen molar-refractivity contribution in [1.29, 1.82) is 0 Å². The van der Waals surface area contributed by atoms with E-state index in [1.54, 1.807) is 5.82 Å². The van der Waals surface area contributed by atoms with Crippen molar-refractivity contribution in [3.8, 4) is 0 Å². The highest BCUT2D eigenvalue weighted by Crippen LogP contribution is 2.16. The summed E-state index contributed by atoms with van der Waals surface area (Å²) in [4.78, 5) is 0. The molecule has 1 aromatic heterocycles. The highest BCUT2D eigenvalue weighted by Gasteiger charge is 2.16. The fourth-order valence-corrected chi connectivity index (χ4v) is 7.39. The zero-order valence-electron chi connectivity index (χ0n) is 32.4. The highest BCUT2D eigenvalue weighted by atomic mass is 15.1. The Labute approximate surface area is 291 Å². The van der Waals surface area contributed by atoms with Gasteiger partial charge in [0.1, 0.15) is 12.4 Å². The van der Waals surface area contributed by atoms with Crippen LogP contribution in [0.5, 0.6) is 0 Å². The van der Waals surface area contributed by atoms with Crippen molar-refractivity contribution in [1.82, 2.24) is 4.57 Å². The van der Waals surface area contributed by atoms with Crippen LogP contribution >= 0.6 is 0 Å². The van der Waals surface area contributed by atoms with Crippen molar-refractivity contribution in [2.75, 3.05) is 0 Å². The molecule has 1 rings (SSSR count). The van der Waals surface area contributed by atoms with E-state index in [0.29, 0.717) is 0 Å². The van der Waals surface area contributed by atoms with Gasteiger partial charge < -0.3 is 0 Å². The van der Waals surface area contributed by atoms with Gasteiger partial charge in [-0.2, -0.15) is 0 Å². The predicted octanol–water partition coefficient (Wildman–Crippen LogP) is 15.0. The van der Waals surface area contributed by atoms with Gasteiger partial charge in [0.15, 0.2) is 0 Å². The normalized spacial score (nSPS) is 11.6. The quantitative estimate of drug-likeness (QED) is 0.0501. The molecule has 0 spiro atoms. The van der Waals surface area contributed by atoms with Gasteiger partial charge in [-0.25, -0.2) is 9.13 Å². The van der Waals surface area contributed by atoms with Gasteiger partial charge in [-0.3, -0.25) is 0 Å². The third-order valence-electron chi connectivity index (χ3n) is 10.6. The number of nitrogens with zero attached hydrogens (tertiary/aromatic N) is 2. The Morgan fingerprint density at radius 3 is 1.04 bits per heavy atom. The van der Waals surface area contributed by atoms with E-state index >= 15 is 0 Å². The van der Waals surface area contributed by atoms with Crippen LogP contribution in [0.15, 0.2) is 12.4 Å². The maximum atomic E-state index is 2.64. The average Bonchev–Trinajstić information content (AvgIpc) is 3.45. The Morgan fingerprint density at radius 1 is 0.370 bits per heavy atom. The topological polar surface area (TPSA) is 8.81 Å². The first-order chi connectivity index (χ1) is 22.8. The molecule has 0 aliphatic rings. The molecule has 0 N–H and O–H groups in total. The Hall–Kier alpha value is -0.790. The summed E-state index contributed by atoms with van der Waals surface area (Å²) in [6.07, 6.45) is 56.4. The molecule has 0 aliphatic heterocycles. The average molecular weight is 644 g/mol. The number of hydrogen-bond donors (Lipinski definition) is 0. The lowest BCUT2D eigenvalue weighted by atomic mass is 10.0. The fourth-order valence-electron chi connectivity index (χ4n) is 7.39. The van der Waals surface area contributed by atoms with Crippen molar-refractivity contribution >= 4 is 0 Å². The van der Waals surface area contributed by atoms with Crippen molar-refractivity contribution < 1.29 is 4.57 Å². The highest BCUT2D eigenvalue weighted by molar-refractivity contribution is 4.84. The number of rotatable bonds is 38. The third kappa shape index (κ3) is 27.2. The molecular weight excluding hydrogens is 556 g/mol. The number of imidazole rings is 1. The lowest BCUT2D eigenvalue weighted by molar-refractivity contribution is -0.704. The van der Waals surface area contributed by atoms with E-state index in [1.807, 2.05) is 0 Å². The van der Waals surface area contributed by atoms with Crippen LogP contribution in [0, 0.1) is 0 Å². The Morgan fingerprint density at radius 2 is 0.674 bits per heavy atom. The van der Waals surface area contributed by atoms with Crippen molar-refractivity contribution in [2.24, 2.45) is 0 Å². The van der Waals surface area contributed by atoms with Gasteiger partial charge in [0.05, 0.1) is 13.1 Å². The molecule has 1 aromatic rings. The maximum absolute atomic E-state index is 2.64. The van der Waals surface area contributed by atoms with E-state index in [2.05, 4.69) is 42.3 Å². The van der Waals surface area contributed by atoms with E-state index in [4.69, 9.17) is 0 Å². The molecule has 272 valence electrons. The number of hydrogen-bond acceptors (Lipinski definition) is 0. The van der Waals surface area contributed by atoms with Gasteiger partial charge in [0.2, 0.25) is 0 Å². The molecule has 0 fully saturated rings.